The van der Waals surface area contributed by atoms with E-state index in [4.69, 9.17) is 0 Å². The van der Waals surface area contributed by atoms with Crippen LogP contribution >= 0.6 is 0 Å². The molecular formula is C10H14. The maximum Gasteiger partial charge on any atom is -0.0136 e. The quantitative estimate of drug-likeness (QED) is 0.447. The third-order valence-electron chi connectivity index (χ3n) is 2.73. The average Bonchev–Trinajstić information content (AvgIpc) is 2.39. The van der Waals surface area contributed by atoms with Gasteiger partial charge in [-0.25, -0.2) is 0 Å². The number of hydrogen-bond acceptors (Lipinski definition) is 0. The van der Waals surface area contributed by atoms with Gasteiger partial charge in [-0.3, -0.25) is 0 Å². The second-order valence-electron chi connectivity index (χ2n) is 3.45. The third kappa shape index (κ3) is 0.920. The van der Waals surface area contributed by atoms with Crippen molar-refractivity contribution >= 4 is 0 Å². The van der Waals surface area contributed by atoms with Crippen LogP contribution in [0.25, 0.3) is 0 Å². The molecule has 1 unspecified atom stereocenters. The number of hydrogen-bond donors (Lipinski definition) is 0. The Morgan fingerprint density at radius 2 is 1.50 bits per heavy atom. The molecule has 10 heavy (non-hydrogen) atoms. The SMILES string of the molecule is CC1[C@H]2/C=C\CC/C=C\[C@@H]12. The van der Waals surface area contributed by atoms with Crippen LogP contribution in [-0.4, -0.2) is 0 Å². The summed E-state index contributed by atoms with van der Waals surface area (Å²) in [6.07, 6.45) is 12.0. The summed E-state index contributed by atoms with van der Waals surface area (Å²) in [5.74, 6) is 2.69. The summed E-state index contributed by atoms with van der Waals surface area (Å²) >= 11 is 0. The highest BCUT2D eigenvalue weighted by atomic mass is 14.5. The van der Waals surface area contributed by atoms with Crippen LogP contribution in [0, 0.1) is 17.8 Å². The summed E-state index contributed by atoms with van der Waals surface area (Å²) in [4.78, 5) is 0. The lowest BCUT2D eigenvalue weighted by Crippen LogP contribution is -1.76. The minimum atomic E-state index is 0.886. The van der Waals surface area contributed by atoms with Crippen molar-refractivity contribution in [2.24, 2.45) is 17.8 Å². The summed E-state index contributed by atoms with van der Waals surface area (Å²) in [5.41, 5.74) is 0. The highest BCUT2D eigenvalue weighted by Gasteiger charge is 2.42. The van der Waals surface area contributed by atoms with Crippen LogP contribution in [0.3, 0.4) is 0 Å². The molecule has 2 rings (SSSR count). The van der Waals surface area contributed by atoms with Crippen molar-refractivity contribution in [1.29, 1.82) is 0 Å². The minimum absolute atomic E-state index is 0.886. The molecule has 0 saturated heterocycles. The van der Waals surface area contributed by atoms with E-state index in [1.165, 1.54) is 12.8 Å². The van der Waals surface area contributed by atoms with Crippen LogP contribution in [0.4, 0.5) is 0 Å². The van der Waals surface area contributed by atoms with Crippen molar-refractivity contribution in [2.45, 2.75) is 19.8 Å². The Balaban J connectivity index is 2.09. The zero-order valence-corrected chi connectivity index (χ0v) is 6.46. The Morgan fingerprint density at radius 1 is 1.00 bits per heavy atom. The first-order valence-corrected chi connectivity index (χ1v) is 4.23. The molecule has 3 atom stereocenters. The van der Waals surface area contributed by atoms with E-state index >= 15 is 0 Å². The Hall–Kier alpha value is -0.520. The molecule has 0 spiro atoms. The Bertz CT molecular complexity index is 156. The Morgan fingerprint density at radius 3 is 2.00 bits per heavy atom. The molecular weight excluding hydrogens is 120 g/mol. The lowest BCUT2D eigenvalue weighted by Gasteiger charge is -1.91. The molecule has 1 saturated carbocycles. The molecule has 0 aromatic rings. The Labute approximate surface area is 62.6 Å². The first-order chi connectivity index (χ1) is 4.89. The van der Waals surface area contributed by atoms with Gasteiger partial charge in [0.25, 0.3) is 0 Å². The van der Waals surface area contributed by atoms with Crippen molar-refractivity contribution in [1.82, 2.24) is 0 Å². The molecule has 2 aliphatic carbocycles. The number of allylic oxidation sites excluding steroid dienone is 4. The summed E-state index contributed by atoms with van der Waals surface area (Å²) in [7, 11) is 0. The highest BCUT2D eigenvalue weighted by molar-refractivity contribution is 5.16. The zero-order valence-electron chi connectivity index (χ0n) is 6.46. The van der Waals surface area contributed by atoms with Crippen molar-refractivity contribution < 1.29 is 0 Å². The van der Waals surface area contributed by atoms with Crippen LogP contribution < -0.4 is 0 Å². The van der Waals surface area contributed by atoms with Gasteiger partial charge in [0.2, 0.25) is 0 Å². The van der Waals surface area contributed by atoms with Gasteiger partial charge in [-0.2, -0.15) is 0 Å². The van der Waals surface area contributed by atoms with Gasteiger partial charge < -0.3 is 0 Å². The highest BCUT2D eigenvalue weighted by Crippen LogP contribution is 2.48. The number of fused-ring (bicyclic) bond motifs is 1. The van der Waals surface area contributed by atoms with Crippen LogP contribution in [0.1, 0.15) is 19.8 Å². The van der Waals surface area contributed by atoms with Crippen molar-refractivity contribution in [3.05, 3.63) is 24.3 Å². The Kier molecular flexibility index (Phi) is 1.40. The van der Waals surface area contributed by atoms with Crippen molar-refractivity contribution in [2.75, 3.05) is 0 Å². The third-order valence-corrected chi connectivity index (χ3v) is 2.73. The summed E-state index contributed by atoms with van der Waals surface area (Å²) < 4.78 is 0. The normalized spacial score (nSPS) is 50.3. The topological polar surface area (TPSA) is 0 Å². The van der Waals surface area contributed by atoms with Crippen molar-refractivity contribution in [3.8, 4) is 0 Å². The molecule has 0 amide bonds. The average molecular weight is 134 g/mol. The van der Waals surface area contributed by atoms with E-state index in [9.17, 15) is 0 Å². The van der Waals surface area contributed by atoms with E-state index in [0.29, 0.717) is 0 Å². The molecule has 0 aromatic heterocycles. The lowest BCUT2D eigenvalue weighted by atomic mass is 10.1. The molecule has 0 heteroatoms. The minimum Gasteiger partial charge on any atom is -0.0879 e. The van der Waals surface area contributed by atoms with Crippen LogP contribution in [0.15, 0.2) is 24.3 Å². The molecule has 0 nitrogen and oxygen atoms in total. The largest absolute Gasteiger partial charge is 0.0879 e. The van der Waals surface area contributed by atoms with Crippen molar-refractivity contribution in [3.63, 3.8) is 0 Å². The molecule has 0 heterocycles. The fourth-order valence-electron chi connectivity index (χ4n) is 1.83. The van der Waals surface area contributed by atoms with E-state index in [-0.39, 0.29) is 0 Å². The van der Waals surface area contributed by atoms with E-state index in [1.807, 2.05) is 0 Å². The smallest absolute Gasteiger partial charge is 0.0136 e. The van der Waals surface area contributed by atoms with Gasteiger partial charge in [0.15, 0.2) is 0 Å². The predicted octanol–water partition coefficient (Wildman–Crippen LogP) is 2.77. The zero-order chi connectivity index (χ0) is 6.97. The summed E-state index contributed by atoms with van der Waals surface area (Å²) in [5, 5.41) is 0. The first kappa shape index (κ1) is 6.21. The standard InChI is InChI=1S/C10H14/c1-8-9-6-4-2-3-5-7-10(8)9/h4-10H,2-3H2,1H3/b6-4-,7-5-/t8?,9-,10+. The second kappa shape index (κ2) is 2.26. The molecule has 0 bridgehead atoms. The maximum atomic E-state index is 2.40. The van der Waals surface area contributed by atoms with Crippen LogP contribution in [0.5, 0.6) is 0 Å². The van der Waals surface area contributed by atoms with Gasteiger partial charge in [0, 0.05) is 0 Å². The van der Waals surface area contributed by atoms with E-state index in [1.54, 1.807) is 0 Å². The summed E-state index contributed by atoms with van der Waals surface area (Å²) in [6.45, 7) is 2.34. The summed E-state index contributed by atoms with van der Waals surface area (Å²) in [6, 6.07) is 0. The molecule has 2 aliphatic rings. The predicted molar refractivity (Wildman–Crippen MR) is 43.7 cm³/mol. The maximum absolute atomic E-state index is 2.40. The number of rotatable bonds is 0. The molecule has 1 fully saturated rings. The monoisotopic (exact) mass is 134 g/mol. The van der Waals surface area contributed by atoms with E-state index in [2.05, 4.69) is 31.2 Å². The fourth-order valence-corrected chi connectivity index (χ4v) is 1.83. The molecule has 0 aliphatic heterocycles. The van der Waals surface area contributed by atoms with Gasteiger partial charge in [0.05, 0.1) is 0 Å². The lowest BCUT2D eigenvalue weighted by molar-refractivity contribution is 0.881. The van der Waals surface area contributed by atoms with Gasteiger partial charge in [-0.05, 0) is 30.6 Å². The molecule has 0 aromatic carbocycles. The van der Waals surface area contributed by atoms with E-state index < -0.39 is 0 Å². The van der Waals surface area contributed by atoms with Gasteiger partial charge in [-0.15, -0.1) is 0 Å². The molecule has 54 valence electrons. The van der Waals surface area contributed by atoms with Gasteiger partial charge >= 0.3 is 0 Å². The second-order valence-corrected chi connectivity index (χ2v) is 3.45. The van der Waals surface area contributed by atoms with Crippen LogP contribution in [0.2, 0.25) is 0 Å². The molecule has 0 N–H and O–H groups in total. The van der Waals surface area contributed by atoms with Crippen LogP contribution in [-0.2, 0) is 0 Å². The first-order valence-electron chi connectivity index (χ1n) is 4.23. The molecule has 0 radical (unpaired) electrons. The van der Waals surface area contributed by atoms with E-state index in [0.717, 1.165) is 17.8 Å². The van der Waals surface area contributed by atoms with Gasteiger partial charge in [0.1, 0.15) is 0 Å². The van der Waals surface area contributed by atoms with Gasteiger partial charge in [-0.1, -0.05) is 31.2 Å². The fraction of sp³-hybridized carbons (Fsp3) is 0.600.